The SMILES string of the molecule is O=C(CCOC1CCNCC1)Nc1cc(F)ccc1Cl. The van der Waals surface area contributed by atoms with Crippen LogP contribution in [0, 0.1) is 5.82 Å². The quantitative estimate of drug-likeness (QED) is 0.879. The van der Waals surface area contributed by atoms with Gasteiger partial charge in [0.25, 0.3) is 0 Å². The van der Waals surface area contributed by atoms with E-state index in [9.17, 15) is 9.18 Å². The van der Waals surface area contributed by atoms with E-state index in [0.717, 1.165) is 25.9 Å². The van der Waals surface area contributed by atoms with Gasteiger partial charge in [-0.25, -0.2) is 4.39 Å². The van der Waals surface area contributed by atoms with Crippen LogP contribution in [0.2, 0.25) is 5.02 Å². The minimum Gasteiger partial charge on any atom is -0.378 e. The van der Waals surface area contributed by atoms with Crippen molar-refractivity contribution < 1.29 is 13.9 Å². The molecule has 0 unspecified atom stereocenters. The third-order valence-electron chi connectivity index (χ3n) is 3.17. The standard InChI is InChI=1S/C14H18ClFN2O2/c15-12-2-1-10(16)9-13(12)18-14(19)5-8-20-11-3-6-17-7-4-11/h1-2,9,11,17H,3-8H2,(H,18,19). The van der Waals surface area contributed by atoms with E-state index in [1.54, 1.807) is 0 Å². The van der Waals surface area contributed by atoms with Crippen LogP contribution in [0.3, 0.4) is 0 Å². The fourth-order valence-electron chi connectivity index (χ4n) is 2.09. The molecule has 6 heteroatoms. The van der Waals surface area contributed by atoms with Gasteiger partial charge in [-0.1, -0.05) is 11.6 Å². The van der Waals surface area contributed by atoms with Gasteiger partial charge in [-0.2, -0.15) is 0 Å². The smallest absolute Gasteiger partial charge is 0.226 e. The number of benzene rings is 1. The van der Waals surface area contributed by atoms with Gasteiger partial charge >= 0.3 is 0 Å². The summed E-state index contributed by atoms with van der Waals surface area (Å²) in [6.07, 6.45) is 2.40. The van der Waals surface area contributed by atoms with Gasteiger partial charge in [0.1, 0.15) is 5.82 Å². The van der Waals surface area contributed by atoms with Crippen molar-refractivity contribution >= 4 is 23.2 Å². The lowest BCUT2D eigenvalue weighted by atomic mass is 10.1. The molecule has 2 rings (SSSR count). The van der Waals surface area contributed by atoms with Crippen molar-refractivity contribution in [3.63, 3.8) is 0 Å². The van der Waals surface area contributed by atoms with Gasteiger partial charge in [0, 0.05) is 0 Å². The molecule has 0 bridgehead atoms. The fraction of sp³-hybridized carbons (Fsp3) is 0.500. The first-order valence-electron chi connectivity index (χ1n) is 6.72. The predicted molar refractivity (Wildman–Crippen MR) is 76.5 cm³/mol. The Bertz CT molecular complexity index is 464. The van der Waals surface area contributed by atoms with Crippen LogP contribution in [0.15, 0.2) is 18.2 Å². The van der Waals surface area contributed by atoms with Crippen molar-refractivity contribution in [3.05, 3.63) is 29.0 Å². The average Bonchev–Trinajstić information content (AvgIpc) is 2.44. The Morgan fingerprint density at radius 3 is 2.95 bits per heavy atom. The number of carbonyl (C=O) groups is 1. The van der Waals surface area contributed by atoms with Crippen LogP contribution >= 0.6 is 11.6 Å². The van der Waals surface area contributed by atoms with E-state index in [4.69, 9.17) is 16.3 Å². The van der Waals surface area contributed by atoms with E-state index >= 15 is 0 Å². The molecule has 1 amide bonds. The lowest BCUT2D eigenvalue weighted by Gasteiger charge is -2.22. The van der Waals surface area contributed by atoms with Gasteiger partial charge in [0.05, 0.1) is 29.8 Å². The summed E-state index contributed by atoms with van der Waals surface area (Å²) in [4.78, 5) is 11.7. The first-order chi connectivity index (χ1) is 9.65. The van der Waals surface area contributed by atoms with Crippen LogP contribution in [-0.4, -0.2) is 31.7 Å². The minimum absolute atomic E-state index is 0.224. The summed E-state index contributed by atoms with van der Waals surface area (Å²) in [6, 6.07) is 3.87. The number of hydrogen-bond acceptors (Lipinski definition) is 3. The summed E-state index contributed by atoms with van der Waals surface area (Å²) in [5, 5.41) is 6.15. The molecular formula is C14H18ClFN2O2. The Balaban J connectivity index is 1.73. The molecule has 4 nitrogen and oxygen atoms in total. The van der Waals surface area contributed by atoms with E-state index in [-0.39, 0.29) is 18.4 Å². The molecule has 1 heterocycles. The third-order valence-corrected chi connectivity index (χ3v) is 3.50. The summed E-state index contributed by atoms with van der Waals surface area (Å²) in [7, 11) is 0. The highest BCUT2D eigenvalue weighted by Gasteiger charge is 2.14. The molecule has 0 aliphatic carbocycles. The van der Waals surface area contributed by atoms with Crippen molar-refractivity contribution in [3.8, 4) is 0 Å². The van der Waals surface area contributed by atoms with Gasteiger partial charge in [-0.15, -0.1) is 0 Å². The van der Waals surface area contributed by atoms with E-state index in [0.29, 0.717) is 17.3 Å². The highest BCUT2D eigenvalue weighted by atomic mass is 35.5. The molecule has 1 aliphatic heterocycles. The number of hydrogen-bond donors (Lipinski definition) is 2. The van der Waals surface area contributed by atoms with Crippen LogP contribution in [0.25, 0.3) is 0 Å². The summed E-state index contributed by atoms with van der Waals surface area (Å²) in [6.45, 7) is 2.27. The van der Waals surface area contributed by atoms with Crippen molar-refractivity contribution in [2.75, 3.05) is 25.0 Å². The summed E-state index contributed by atoms with van der Waals surface area (Å²) in [5.74, 6) is -0.665. The Morgan fingerprint density at radius 1 is 1.45 bits per heavy atom. The minimum atomic E-state index is -0.435. The zero-order valence-electron chi connectivity index (χ0n) is 11.1. The van der Waals surface area contributed by atoms with Crippen LogP contribution in [0.5, 0.6) is 0 Å². The third kappa shape index (κ3) is 4.74. The molecule has 1 aromatic carbocycles. The molecule has 0 saturated carbocycles. The van der Waals surface area contributed by atoms with Crippen molar-refractivity contribution in [1.82, 2.24) is 5.32 Å². The van der Waals surface area contributed by atoms with Gasteiger partial charge < -0.3 is 15.4 Å². The maximum absolute atomic E-state index is 13.1. The summed E-state index contributed by atoms with van der Waals surface area (Å²) < 4.78 is 18.7. The lowest BCUT2D eigenvalue weighted by Crippen LogP contribution is -2.33. The fourth-order valence-corrected chi connectivity index (χ4v) is 2.25. The molecule has 1 aliphatic rings. The van der Waals surface area contributed by atoms with Crippen molar-refractivity contribution in [2.24, 2.45) is 0 Å². The number of piperidine rings is 1. The number of halogens is 2. The first kappa shape index (κ1) is 15.2. The first-order valence-corrected chi connectivity index (χ1v) is 7.10. The van der Waals surface area contributed by atoms with Gasteiger partial charge in [-0.3, -0.25) is 4.79 Å². The normalized spacial score (nSPS) is 16.1. The molecule has 1 fully saturated rings. The zero-order chi connectivity index (χ0) is 14.4. The Kier molecular flexibility index (Phi) is 5.76. The zero-order valence-corrected chi connectivity index (χ0v) is 11.9. The number of nitrogens with one attached hydrogen (secondary N) is 2. The molecule has 0 aromatic heterocycles. The van der Waals surface area contributed by atoms with Crippen LogP contribution < -0.4 is 10.6 Å². The second-order valence-electron chi connectivity index (χ2n) is 4.74. The molecule has 0 spiro atoms. The number of amides is 1. The lowest BCUT2D eigenvalue weighted by molar-refractivity contribution is -0.117. The van der Waals surface area contributed by atoms with Crippen molar-refractivity contribution in [2.45, 2.75) is 25.4 Å². The summed E-state index contributed by atoms with van der Waals surface area (Å²) in [5.41, 5.74) is 0.290. The predicted octanol–water partition coefficient (Wildman–Crippen LogP) is 2.58. The molecule has 0 atom stereocenters. The molecule has 2 N–H and O–H groups in total. The van der Waals surface area contributed by atoms with Gasteiger partial charge in [-0.05, 0) is 44.1 Å². The molecule has 20 heavy (non-hydrogen) atoms. The molecule has 1 saturated heterocycles. The maximum atomic E-state index is 13.1. The molecule has 110 valence electrons. The number of ether oxygens (including phenoxy) is 1. The van der Waals surface area contributed by atoms with E-state index in [1.165, 1.54) is 18.2 Å². The van der Waals surface area contributed by atoms with Crippen LogP contribution in [0.4, 0.5) is 10.1 Å². The average molecular weight is 301 g/mol. The van der Waals surface area contributed by atoms with Gasteiger partial charge in [0.15, 0.2) is 0 Å². The number of rotatable bonds is 5. The number of carbonyl (C=O) groups excluding carboxylic acids is 1. The molecule has 1 aromatic rings. The highest BCUT2D eigenvalue weighted by molar-refractivity contribution is 6.33. The topological polar surface area (TPSA) is 50.4 Å². The van der Waals surface area contributed by atoms with Crippen LogP contribution in [0.1, 0.15) is 19.3 Å². The Morgan fingerprint density at radius 2 is 2.20 bits per heavy atom. The maximum Gasteiger partial charge on any atom is 0.226 e. The molecule has 0 radical (unpaired) electrons. The Labute approximate surface area is 122 Å². The number of anilines is 1. The largest absolute Gasteiger partial charge is 0.378 e. The van der Waals surface area contributed by atoms with E-state index in [2.05, 4.69) is 10.6 Å². The van der Waals surface area contributed by atoms with Crippen LogP contribution in [-0.2, 0) is 9.53 Å². The Hall–Kier alpha value is -1.17. The van der Waals surface area contributed by atoms with Crippen molar-refractivity contribution in [1.29, 1.82) is 0 Å². The van der Waals surface area contributed by atoms with E-state index in [1.807, 2.05) is 0 Å². The van der Waals surface area contributed by atoms with E-state index < -0.39 is 5.82 Å². The second-order valence-corrected chi connectivity index (χ2v) is 5.15. The monoisotopic (exact) mass is 300 g/mol. The summed E-state index contributed by atoms with van der Waals surface area (Å²) >= 11 is 5.88. The van der Waals surface area contributed by atoms with Gasteiger partial charge in [0.2, 0.25) is 5.91 Å². The molecular weight excluding hydrogens is 283 g/mol. The highest BCUT2D eigenvalue weighted by Crippen LogP contribution is 2.22. The second kappa shape index (κ2) is 7.57.